The molecule has 1 N–H and O–H groups in total. The van der Waals surface area contributed by atoms with Crippen molar-refractivity contribution in [2.24, 2.45) is 0 Å². The molecule has 0 unspecified atom stereocenters. The lowest BCUT2D eigenvalue weighted by molar-refractivity contribution is -0.139. The Balaban J connectivity index is 2.91. The molecule has 3 nitrogen and oxygen atoms in total. The van der Waals surface area contributed by atoms with E-state index in [-0.39, 0.29) is 12.2 Å². The van der Waals surface area contributed by atoms with Crippen LogP contribution in [0.3, 0.4) is 0 Å². The van der Waals surface area contributed by atoms with Crippen molar-refractivity contribution >= 4 is 11.8 Å². The number of carbonyl (C=O) groups excluding carboxylic acids is 1. The lowest BCUT2D eigenvalue weighted by atomic mass is 9.90. The third-order valence-corrected chi connectivity index (χ3v) is 2.32. The fraction of sp³-hybridized carbons (Fsp3) is 0.333. The van der Waals surface area contributed by atoms with Gasteiger partial charge in [0.15, 0.2) is 0 Å². The van der Waals surface area contributed by atoms with E-state index in [2.05, 4.69) is 0 Å². The molecule has 0 amide bonds. The van der Waals surface area contributed by atoms with Crippen molar-refractivity contribution in [2.45, 2.75) is 25.7 Å². The fourth-order valence-corrected chi connectivity index (χ4v) is 1.52. The zero-order valence-corrected chi connectivity index (χ0v) is 8.64. The number of hydrogen-bond donors (Lipinski definition) is 1. The minimum Gasteiger partial charge on any atom is -0.481 e. The standard InChI is InChI=1S/C12H14O3/c1-2-11(13)10(8-12(14)15)9-6-4-3-5-7-9/h3-7,10H,2,8H2,1H3,(H,14,15)/t10-/m0/s1. The number of aliphatic carboxylic acids is 1. The first kappa shape index (κ1) is 11.4. The van der Waals surface area contributed by atoms with Crippen LogP contribution in [-0.4, -0.2) is 16.9 Å². The van der Waals surface area contributed by atoms with Gasteiger partial charge in [-0.2, -0.15) is 0 Å². The lowest BCUT2D eigenvalue weighted by Gasteiger charge is -2.12. The van der Waals surface area contributed by atoms with Gasteiger partial charge in [0.2, 0.25) is 0 Å². The maximum atomic E-state index is 11.6. The van der Waals surface area contributed by atoms with Crippen molar-refractivity contribution < 1.29 is 14.7 Å². The molecule has 0 bridgehead atoms. The summed E-state index contributed by atoms with van der Waals surface area (Å²) in [5.41, 5.74) is 0.784. The molecule has 80 valence electrons. The number of carbonyl (C=O) groups is 2. The van der Waals surface area contributed by atoms with E-state index in [1.807, 2.05) is 18.2 Å². The predicted octanol–water partition coefficient (Wildman–Crippen LogP) is 2.22. The number of ketones is 1. The molecule has 0 saturated carbocycles. The summed E-state index contributed by atoms with van der Waals surface area (Å²) in [5.74, 6) is -1.47. The van der Waals surface area contributed by atoms with Gasteiger partial charge in [-0.3, -0.25) is 9.59 Å². The number of Topliss-reactive ketones (excluding diaryl/α,β-unsaturated/α-hetero) is 1. The van der Waals surface area contributed by atoms with Gasteiger partial charge in [0, 0.05) is 6.42 Å². The van der Waals surface area contributed by atoms with Gasteiger partial charge in [-0.1, -0.05) is 37.3 Å². The molecule has 0 aliphatic carbocycles. The van der Waals surface area contributed by atoms with Crippen LogP contribution in [0.2, 0.25) is 0 Å². The summed E-state index contributed by atoms with van der Waals surface area (Å²) in [6.07, 6.45) is 0.240. The number of rotatable bonds is 5. The zero-order chi connectivity index (χ0) is 11.3. The molecular formula is C12H14O3. The van der Waals surface area contributed by atoms with Crippen LogP contribution in [0, 0.1) is 0 Å². The maximum absolute atomic E-state index is 11.6. The van der Waals surface area contributed by atoms with Crippen molar-refractivity contribution in [1.29, 1.82) is 0 Å². The Labute approximate surface area is 88.7 Å². The Morgan fingerprint density at radius 2 is 1.87 bits per heavy atom. The van der Waals surface area contributed by atoms with Gasteiger partial charge in [0.1, 0.15) is 5.78 Å². The molecule has 0 saturated heterocycles. The highest BCUT2D eigenvalue weighted by Gasteiger charge is 2.21. The monoisotopic (exact) mass is 206 g/mol. The summed E-state index contributed by atoms with van der Waals surface area (Å²) in [7, 11) is 0. The SMILES string of the molecule is CCC(=O)[C@@H](CC(=O)O)c1ccccc1. The summed E-state index contributed by atoms with van der Waals surface area (Å²) < 4.78 is 0. The highest BCUT2D eigenvalue weighted by molar-refractivity contribution is 5.89. The first-order valence-corrected chi connectivity index (χ1v) is 4.94. The molecule has 1 aromatic carbocycles. The molecule has 0 aromatic heterocycles. The van der Waals surface area contributed by atoms with Crippen LogP contribution >= 0.6 is 0 Å². The summed E-state index contributed by atoms with van der Waals surface area (Å²) in [4.78, 5) is 22.2. The van der Waals surface area contributed by atoms with E-state index in [0.29, 0.717) is 6.42 Å². The van der Waals surface area contributed by atoms with Crippen molar-refractivity contribution in [3.63, 3.8) is 0 Å². The van der Waals surface area contributed by atoms with E-state index < -0.39 is 11.9 Å². The predicted molar refractivity (Wildman–Crippen MR) is 56.7 cm³/mol. The van der Waals surface area contributed by atoms with Crippen LogP contribution in [-0.2, 0) is 9.59 Å². The highest BCUT2D eigenvalue weighted by atomic mass is 16.4. The smallest absolute Gasteiger partial charge is 0.304 e. The normalized spacial score (nSPS) is 12.1. The van der Waals surface area contributed by atoms with E-state index in [1.165, 1.54) is 0 Å². The molecule has 0 radical (unpaired) electrons. The van der Waals surface area contributed by atoms with E-state index >= 15 is 0 Å². The van der Waals surface area contributed by atoms with E-state index in [4.69, 9.17) is 5.11 Å². The van der Waals surface area contributed by atoms with Crippen molar-refractivity contribution in [3.8, 4) is 0 Å². The molecule has 15 heavy (non-hydrogen) atoms. The number of carboxylic acid groups (broad SMARTS) is 1. The third kappa shape index (κ3) is 3.20. The molecule has 0 aliphatic rings. The third-order valence-electron chi connectivity index (χ3n) is 2.32. The van der Waals surface area contributed by atoms with Gasteiger partial charge in [0.05, 0.1) is 12.3 Å². The van der Waals surface area contributed by atoms with Crippen molar-refractivity contribution in [2.75, 3.05) is 0 Å². The number of carboxylic acids is 1. The molecule has 0 heterocycles. The highest BCUT2D eigenvalue weighted by Crippen LogP contribution is 2.21. The zero-order valence-electron chi connectivity index (χ0n) is 8.64. The van der Waals surface area contributed by atoms with E-state index in [0.717, 1.165) is 5.56 Å². The molecule has 1 aromatic rings. The van der Waals surface area contributed by atoms with E-state index in [9.17, 15) is 9.59 Å². The second-order valence-corrected chi connectivity index (χ2v) is 3.38. The Bertz CT molecular complexity index is 343. The van der Waals surface area contributed by atoms with Crippen LogP contribution in [0.1, 0.15) is 31.2 Å². The fourth-order valence-electron chi connectivity index (χ4n) is 1.52. The summed E-state index contributed by atoms with van der Waals surface area (Å²) >= 11 is 0. The minimum atomic E-state index is -0.939. The summed E-state index contributed by atoms with van der Waals surface area (Å²) in [6.45, 7) is 1.75. The number of benzene rings is 1. The van der Waals surface area contributed by atoms with Crippen LogP contribution in [0.5, 0.6) is 0 Å². The van der Waals surface area contributed by atoms with Crippen LogP contribution in [0.15, 0.2) is 30.3 Å². The number of hydrogen-bond acceptors (Lipinski definition) is 2. The Hall–Kier alpha value is -1.64. The van der Waals surface area contributed by atoms with Gasteiger partial charge in [-0.25, -0.2) is 0 Å². The second-order valence-electron chi connectivity index (χ2n) is 3.38. The minimum absolute atomic E-state index is 0.0244. The maximum Gasteiger partial charge on any atom is 0.304 e. The van der Waals surface area contributed by atoms with Gasteiger partial charge in [-0.05, 0) is 5.56 Å². The Morgan fingerprint density at radius 3 is 2.33 bits per heavy atom. The van der Waals surface area contributed by atoms with Crippen LogP contribution < -0.4 is 0 Å². The largest absolute Gasteiger partial charge is 0.481 e. The molecular weight excluding hydrogens is 192 g/mol. The summed E-state index contributed by atoms with van der Waals surface area (Å²) in [5, 5.41) is 8.74. The van der Waals surface area contributed by atoms with Crippen molar-refractivity contribution in [1.82, 2.24) is 0 Å². The van der Waals surface area contributed by atoms with Crippen LogP contribution in [0.4, 0.5) is 0 Å². The topological polar surface area (TPSA) is 54.4 Å². The van der Waals surface area contributed by atoms with Crippen molar-refractivity contribution in [3.05, 3.63) is 35.9 Å². The molecule has 0 fully saturated rings. The average molecular weight is 206 g/mol. The van der Waals surface area contributed by atoms with Gasteiger partial charge in [-0.15, -0.1) is 0 Å². The Morgan fingerprint density at radius 1 is 1.27 bits per heavy atom. The molecule has 0 aliphatic heterocycles. The molecule has 1 rings (SSSR count). The first-order chi connectivity index (χ1) is 7.15. The lowest BCUT2D eigenvalue weighted by Crippen LogP contribution is -2.15. The Kier molecular flexibility index (Phi) is 4.03. The molecule has 1 atom stereocenters. The van der Waals surface area contributed by atoms with E-state index in [1.54, 1.807) is 19.1 Å². The van der Waals surface area contributed by atoms with Crippen LogP contribution in [0.25, 0.3) is 0 Å². The van der Waals surface area contributed by atoms with Gasteiger partial charge in [0.25, 0.3) is 0 Å². The second kappa shape index (κ2) is 5.29. The van der Waals surface area contributed by atoms with Gasteiger partial charge >= 0.3 is 5.97 Å². The average Bonchev–Trinajstić information content (AvgIpc) is 2.26. The quantitative estimate of drug-likeness (QED) is 0.803. The first-order valence-electron chi connectivity index (χ1n) is 4.94. The molecule has 3 heteroatoms. The summed E-state index contributed by atoms with van der Waals surface area (Å²) in [6, 6.07) is 9.06. The molecule has 0 spiro atoms. The van der Waals surface area contributed by atoms with Gasteiger partial charge < -0.3 is 5.11 Å².